The molecule has 0 radical (unpaired) electrons. The highest BCUT2D eigenvalue weighted by atomic mass is 19.4. The van der Waals surface area contributed by atoms with E-state index >= 15 is 0 Å². The minimum atomic E-state index is -4.79. The molecule has 0 aromatic carbocycles. The van der Waals surface area contributed by atoms with Crippen molar-refractivity contribution in [3.63, 3.8) is 0 Å². The second-order valence-electron chi connectivity index (χ2n) is 2.97. The van der Waals surface area contributed by atoms with Crippen LogP contribution >= 0.6 is 0 Å². The predicted molar refractivity (Wildman–Crippen MR) is 41.5 cm³/mol. The van der Waals surface area contributed by atoms with Gasteiger partial charge in [0.1, 0.15) is 5.75 Å². The van der Waals surface area contributed by atoms with Crippen LogP contribution in [0.5, 0.6) is 5.75 Å². The highest BCUT2D eigenvalue weighted by Crippen LogP contribution is 2.37. The Bertz CT molecular complexity index is 318. The van der Waals surface area contributed by atoms with Crippen molar-refractivity contribution >= 4 is 0 Å². The zero-order valence-corrected chi connectivity index (χ0v) is 7.21. The number of aromatic hydroxyl groups is 1. The summed E-state index contributed by atoms with van der Waals surface area (Å²) >= 11 is 0. The third-order valence-corrected chi connectivity index (χ3v) is 1.80. The van der Waals surface area contributed by atoms with Gasteiger partial charge >= 0.3 is 6.18 Å². The fourth-order valence-corrected chi connectivity index (χ4v) is 0.819. The standard InChI is InChI=1S/C8H8F3NO2/c1-7(14,8(9,10)11)6-3-2-5(13)4-12-6/h2-4,13-14H,1H3. The van der Waals surface area contributed by atoms with Crippen LogP contribution in [0.15, 0.2) is 18.3 Å². The molecule has 1 atom stereocenters. The van der Waals surface area contributed by atoms with E-state index in [0.29, 0.717) is 6.92 Å². The molecule has 0 saturated carbocycles. The summed E-state index contributed by atoms with van der Waals surface area (Å²) in [4.78, 5) is 3.30. The molecule has 0 aliphatic rings. The van der Waals surface area contributed by atoms with E-state index in [4.69, 9.17) is 10.2 Å². The molecular formula is C8H8F3NO2. The number of hydrogen-bond donors (Lipinski definition) is 2. The Hall–Kier alpha value is -1.30. The topological polar surface area (TPSA) is 53.4 Å². The molecule has 78 valence electrons. The maximum atomic E-state index is 12.3. The lowest BCUT2D eigenvalue weighted by Crippen LogP contribution is -2.39. The summed E-state index contributed by atoms with van der Waals surface area (Å²) in [5, 5.41) is 17.9. The van der Waals surface area contributed by atoms with Crippen LogP contribution in [0.2, 0.25) is 0 Å². The van der Waals surface area contributed by atoms with Crippen LogP contribution in [-0.2, 0) is 5.60 Å². The summed E-state index contributed by atoms with van der Waals surface area (Å²) in [6.45, 7) is 0.604. The Labute approximate surface area is 77.8 Å². The number of rotatable bonds is 1. The van der Waals surface area contributed by atoms with Gasteiger partial charge in [-0.05, 0) is 19.1 Å². The molecular weight excluding hydrogens is 199 g/mol. The number of alkyl halides is 3. The molecule has 0 aliphatic carbocycles. The smallest absolute Gasteiger partial charge is 0.422 e. The molecule has 0 bridgehead atoms. The Morgan fingerprint density at radius 3 is 2.21 bits per heavy atom. The van der Waals surface area contributed by atoms with Crippen LogP contribution in [-0.4, -0.2) is 21.4 Å². The number of halogens is 3. The normalized spacial score (nSPS) is 16.4. The first-order valence-corrected chi connectivity index (χ1v) is 3.70. The summed E-state index contributed by atoms with van der Waals surface area (Å²) in [5.74, 6) is -0.258. The van der Waals surface area contributed by atoms with Gasteiger partial charge in [-0.1, -0.05) is 0 Å². The molecule has 1 heterocycles. The molecule has 0 spiro atoms. The van der Waals surface area contributed by atoms with Crippen LogP contribution in [0.25, 0.3) is 0 Å². The van der Waals surface area contributed by atoms with Gasteiger partial charge < -0.3 is 10.2 Å². The van der Waals surface area contributed by atoms with Gasteiger partial charge in [0.15, 0.2) is 5.60 Å². The molecule has 14 heavy (non-hydrogen) atoms. The molecule has 3 nitrogen and oxygen atoms in total. The highest BCUT2D eigenvalue weighted by Gasteiger charge is 2.52. The van der Waals surface area contributed by atoms with E-state index < -0.39 is 17.5 Å². The molecule has 1 unspecified atom stereocenters. The summed E-state index contributed by atoms with van der Waals surface area (Å²) in [6.07, 6.45) is -3.95. The van der Waals surface area contributed by atoms with Crippen molar-refractivity contribution in [3.8, 4) is 5.75 Å². The molecule has 2 N–H and O–H groups in total. The second-order valence-corrected chi connectivity index (χ2v) is 2.97. The van der Waals surface area contributed by atoms with Gasteiger partial charge in [-0.25, -0.2) is 0 Å². The molecule has 0 saturated heterocycles. The van der Waals surface area contributed by atoms with Gasteiger partial charge in [-0.2, -0.15) is 13.2 Å². The SMILES string of the molecule is CC(O)(c1ccc(O)cn1)C(F)(F)F. The number of aliphatic hydroxyl groups is 1. The van der Waals surface area contributed by atoms with Gasteiger partial charge in [0.2, 0.25) is 0 Å². The molecule has 1 aromatic rings. The van der Waals surface area contributed by atoms with Crippen molar-refractivity contribution in [2.75, 3.05) is 0 Å². The van der Waals surface area contributed by atoms with Gasteiger partial charge in [-0.15, -0.1) is 0 Å². The van der Waals surface area contributed by atoms with Gasteiger partial charge in [0.25, 0.3) is 0 Å². The number of nitrogens with zero attached hydrogens (tertiary/aromatic N) is 1. The summed E-state index contributed by atoms with van der Waals surface area (Å²) in [7, 11) is 0. The van der Waals surface area contributed by atoms with Crippen molar-refractivity contribution in [2.24, 2.45) is 0 Å². The lowest BCUT2D eigenvalue weighted by Gasteiger charge is -2.25. The number of hydrogen-bond acceptors (Lipinski definition) is 3. The monoisotopic (exact) mass is 207 g/mol. The maximum absolute atomic E-state index is 12.3. The zero-order chi connectivity index (χ0) is 11.0. The predicted octanol–water partition coefficient (Wildman–Crippen LogP) is 1.56. The van der Waals surface area contributed by atoms with E-state index in [1.54, 1.807) is 0 Å². The van der Waals surface area contributed by atoms with Gasteiger partial charge in [-0.3, -0.25) is 4.98 Å². The molecule has 0 amide bonds. The van der Waals surface area contributed by atoms with E-state index in [9.17, 15) is 13.2 Å². The zero-order valence-electron chi connectivity index (χ0n) is 7.21. The summed E-state index contributed by atoms with van der Waals surface area (Å²) < 4.78 is 36.8. The minimum Gasteiger partial charge on any atom is -0.506 e. The van der Waals surface area contributed by atoms with Crippen LogP contribution < -0.4 is 0 Å². The average Bonchev–Trinajstić information content (AvgIpc) is 2.03. The Balaban J connectivity index is 3.10. The van der Waals surface area contributed by atoms with Crippen LogP contribution in [0.1, 0.15) is 12.6 Å². The summed E-state index contributed by atoms with van der Waals surface area (Å²) in [6, 6.07) is 1.95. The van der Waals surface area contributed by atoms with Gasteiger partial charge in [0, 0.05) is 0 Å². The lowest BCUT2D eigenvalue weighted by atomic mass is 10.0. The largest absolute Gasteiger partial charge is 0.506 e. The first-order chi connectivity index (χ1) is 6.25. The highest BCUT2D eigenvalue weighted by molar-refractivity contribution is 5.22. The second kappa shape index (κ2) is 3.13. The van der Waals surface area contributed by atoms with Crippen LogP contribution in [0.4, 0.5) is 13.2 Å². The minimum absolute atomic E-state index is 0.258. The first-order valence-electron chi connectivity index (χ1n) is 3.70. The van der Waals surface area contributed by atoms with E-state index in [1.807, 2.05) is 0 Å². The van der Waals surface area contributed by atoms with Crippen molar-refractivity contribution in [1.29, 1.82) is 0 Å². The molecule has 1 aromatic heterocycles. The number of pyridine rings is 1. The molecule has 6 heteroatoms. The third kappa shape index (κ3) is 1.79. The van der Waals surface area contributed by atoms with E-state index in [2.05, 4.69) is 4.98 Å². The van der Waals surface area contributed by atoms with E-state index in [1.165, 1.54) is 0 Å². The Morgan fingerprint density at radius 1 is 1.29 bits per heavy atom. The van der Waals surface area contributed by atoms with Crippen LogP contribution in [0, 0.1) is 0 Å². The average molecular weight is 207 g/mol. The summed E-state index contributed by atoms with van der Waals surface area (Å²) in [5.41, 5.74) is -3.55. The lowest BCUT2D eigenvalue weighted by molar-refractivity contribution is -0.260. The molecule has 1 rings (SSSR count). The van der Waals surface area contributed by atoms with E-state index in [0.717, 1.165) is 18.3 Å². The Kier molecular flexibility index (Phi) is 2.41. The van der Waals surface area contributed by atoms with Crippen molar-refractivity contribution in [3.05, 3.63) is 24.0 Å². The van der Waals surface area contributed by atoms with Crippen LogP contribution in [0.3, 0.4) is 0 Å². The van der Waals surface area contributed by atoms with Crippen molar-refractivity contribution in [2.45, 2.75) is 18.7 Å². The van der Waals surface area contributed by atoms with Crippen molar-refractivity contribution < 1.29 is 23.4 Å². The fourth-order valence-electron chi connectivity index (χ4n) is 0.819. The first kappa shape index (κ1) is 10.8. The van der Waals surface area contributed by atoms with E-state index in [-0.39, 0.29) is 5.75 Å². The maximum Gasteiger partial charge on any atom is 0.422 e. The Morgan fingerprint density at radius 2 is 1.86 bits per heavy atom. The number of aromatic nitrogens is 1. The van der Waals surface area contributed by atoms with Gasteiger partial charge in [0.05, 0.1) is 11.9 Å². The van der Waals surface area contributed by atoms with Crippen molar-refractivity contribution in [1.82, 2.24) is 4.98 Å². The fraction of sp³-hybridized carbons (Fsp3) is 0.375. The molecule has 0 fully saturated rings. The molecule has 0 aliphatic heterocycles. The quantitative estimate of drug-likeness (QED) is 0.734. The third-order valence-electron chi connectivity index (χ3n) is 1.80.